The minimum Gasteiger partial charge on any atom is -0.399 e. The number of nitro groups is 1. The molecule has 0 radical (unpaired) electrons. The molecule has 0 N–H and O–H groups in total. The Kier molecular flexibility index (Phi) is 3.11. The van der Waals surface area contributed by atoms with Crippen molar-refractivity contribution in [2.24, 2.45) is 5.16 Å². The average molecular weight is 196 g/mol. The van der Waals surface area contributed by atoms with E-state index in [0.717, 1.165) is 0 Å². The van der Waals surface area contributed by atoms with Gasteiger partial charge in [-0.05, 0) is 6.08 Å². The summed E-state index contributed by atoms with van der Waals surface area (Å²) < 4.78 is 0. The van der Waals surface area contributed by atoms with Crippen molar-refractivity contribution < 1.29 is 14.6 Å². The second-order valence-corrected chi connectivity index (χ2v) is 2.51. The van der Waals surface area contributed by atoms with Crippen molar-refractivity contribution in [2.45, 2.75) is 6.42 Å². The maximum Gasteiger partial charge on any atom is 0.304 e. The Morgan fingerprint density at radius 3 is 2.93 bits per heavy atom. The van der Waals surface area contributed by atoms with E-state index in [1.54, 1.807) is 6.08 Å². The minimum absolute atomic E-state index is 0.0112. The van der Waals surface area contributed by atoms with Gasteiger partial charge in [0.2, 0.25) is 0 Å². The van der Waals surface area contributed by atoms with E-state index >= 15 is 0 Å². The Morgan fingerprint density at radius 1 is 1.71 bits per heavy atom. The van der Waals surface area contributed by atoms with Crippen molar-refractivity contribution >= 4 is 12.0 Å². The van der Waals surface area contributed by atoms with Crippen LogP contribution in [-0.4, -0.2) is 24.0 Å². The molecule has 1 rings (SSSR count). The van der Waals surface area contributed by atoms with Gasteiger partial charge in [-0.3, -0.25) is 14.9 Å². The van der Waals surface area contributed by atoms with Gasteiger partial charge in [0.25, 0.3) is 0 Å². The lowest BCUT2D eigenvalue weighted by Crippen LogP contribution is -2.17. The topological polar surface area (TPSA) is 81.8 Å². The van der Waals surface area contributed by atoms with E-state index in [9.17, 15) is 14.9 Å². The molecule has 0 bridgehead atoms. The van der Waals surface area contributed by atoms with Crippen molar-refractivity contribution in [1.82, 2.24) is 0 Å². The number of hydrogen-bond donors (Lipinski definition) is 0. The van der Waals surface area contributed by atoms with Gasteiger partial charge in [0.1, 0.15) is 7.11 Å². The van der Waals surface area contributed by atoms with E-state index in [4.69, 9.17) is 0 Å². The molecule has 0 saturated heterocycles. The van der Waals surface area contributed by atoms with Gasteiger partial charge in [-0.1, -0.05) is 11.2 Å². The smallest absolute Gasteiger partial charge is 0.304 e. The Morgan fingerprint density at radius 2 is 2.43 bits per heavy atom. The lowest BCUT2D eigenvalue weighted by atomic mass is 10.0. The molecule has 0 fully saturated rings. The molecule has 0 spiro atoms. The van der Waals surface area contributed by atoms with Gasteiger partial charge in [-0.15, -0.1) is 0 Å². The number of oxime groups is 1. The first-order valence-corrected chi connectivity index (χ1v) is 3.81. The van der Waals surface area contributed by atoms with Gasteiger partial charge in [-0.2, -0.15) is 0 Å². The highest BCUT2D eigenvalue weighted by Gasteiger charge is 2.26. The third-order valence-electron chi connectivity index (χ3n) is 1.67. The summed E-state index contributed by atoms with van der Waals surface area (Å²) in [6.07, 6.45) is 3.74. The summed E-state index contributed by atoms with van der Waals surface area (Å²) in [6.45, 7) is 0. The summed E-state index contributed by atoms with van der Waals surface area (Å²) >= 11 is 0. The Labute approximate surface area is 79.7 Å². The molecule has 0 aromatic rings. The Bertz CT molecular complexity index is 354. The van der Waals surface area contributed by atoms with Crippen molar-refractivity contribution in [3.63, 3.8) is 0 Å². The van der Waals surface area contributed by atoms with Crippen LogP contribution in [0.4, 0.5) is 0 Å². The van der Waals surface area contributed by atoms with Crippen LogP contribution in [-0.2, 0) is 9.63 Å². The van der Waals surface area contributed by atoms with Crippen LogP contribution < -0.4 is 0 Å². The highest BCUT2D eigenvalue weighted by Crippen LogP contribution is 2.16. The van der Waals surface area contributed by atoms with Gasteiger partial charge >= 0.3 is 5.70 Å². The molecule has 0 amide bonds. The summed E-state index contributed by atoms with van der Waals surface area (Å²) in [6, 6.07) is 0. The van der Waals surface area contributed by atoms with Gasteiger partial charge in [0.15, 0.2) is 12.0 Å². The zero-order chi connectivity index (χ0) is 10.6. The molecule has 6 nitrogen and oxygen atoms in total. The van der Waals surface area contributed by atoms with Crippen molar-refractivity contribution in [3.05, 3.63) is 33.5 Å². The van der Waals surface area contributed by atoms with E-state index in [0.29, 0.717) is 12.7 Å². The van der Waals surface area contributed by atoms with Crippen molar-refractivity contribution in [2.75, 3.05) is 7.11 Å². The summed E-state index contributed by atoms with van der Waals surface area (Å²) in [5, 5.41) is 14.1. The molecule has 0 saturated carbocycles. The minimum atomic E-state index is -0.634. The number of aldehydes is 1. The molecule has 1 aliphatic carbocycles. The molecule has 74 valence electrons. The SMILES string of the molecule is CON=C1CC=CC(C=O)=C1[N+](=O)[O-]. The number of allylic oxidation sites excluding steroid dienone is 4. The number of carbonyl (C=O) groups excluding carboxylic acids is 1. The molecule has 0 aromatic carbocycles. The molecule has 0 heterocycles. The lowest BCUT2D eigenvalue weighted by molar-refractivity contribution is -0.416. The fraction of sp³-hybridized carbons (Fsp3) is 0.250. The predicted octanol–water partition coefficient (Wildman–Crippen LogP) is 0.678. The third kappa shape index (κ3) is 1.85. The summed E-state index contributed by atoms with van der Waals surface area (Å²) in [5.74, 6) is 0. The number of hydrogen-bond acceptors (Lipinski definition) is 5. The van der Waals surface area contributed by atoms with Gasteiger partial charge in [0.05, 0.1) is 10.5 Å². The normalized spacial score (nSPS) is 18.5. The summed E-state index contributed by atoms with van der Waals surface area (Å²) in [7, 11) is 1.30. The van der Waals surface area contributed by atoms with Crippen molar-refractivity contribution in [3.8, 4) is 0 Å². The van der Waals surface area contributed by atoms with Gasteiger partial charge < -0.3 is 4.84 Å². The monoisotopic (exact) mass is 196 g/mol. The van der Waals surface area contributed by atoms with Crippen LogP contribution in [0.2, 0.25) is 0 Å². The highest BCUT2D eigenvalue weighted by atomic mass is 16.6. The standard InChI is InChI=1S/C8H8N2O4/c1-14-9-7-4-2-3-6(5-11)8(7)10(12)13/h2-3,5H,4H2,1H3. The average Bonchev–Trinajstić information content (AvgIpc) is 2.17. The molecule has 1 aliphatic rings. The zero-order valence-electron chi connectivity index (χ0n) is 7.47. The number of nitrogens with zero attached hydrogens (tertiary/aromatic N) is 2. The molecule has 6 heteroatoms. The Hall–Kier alpha value is -1.98. The van der Waals surface area contributed by atoms with E-state index in [1.807, 2.05) is 0 Å². The predicted molar refractivity (Wildman–Crippen MR) is 48.3 cm³/mol. The summed E-state index contributed by atoms with van der Waals surface area (Å²) in [5.41, 5.74) is -0.122. The maximum absolute atomic E-state index is 10.6. The van der Waals surface area contributed by atoms with E-state index in [1.165, 1.54) is 13.2 Å². The van der Waals surface area contributed by atoms with Crippen LogP contribution in [0.25, 0.3) is 0 Å². The Balaban J connectivity index is 3.21. The van der Waals surface area contributed by atoms with Gasteiger partial charge in [0, 0.05) is 6.42 Å². The largest absolute Gasteiger partial charge is 0.399 e. The fourth-order valence-electron chi connectivity index (χ4n) is 1.14. The first-order valence-electron chi connectivity index (χ1n) is 3.81. The van der Waals surface area contributed by atoms with Crippen LogP contribution in [0.5, 0.6) is 0 Å². The third-order valence-corrected chi connectivity index (χ3v) is 1.67. The fourth-order valence-corrected chi connectivity index (χ4v) is 1.14. The highest BCUT2D eigenvalue weighted by molar-refractivity contribution is 6.05. The first kappa shape index (κ1) is 10.1. The number of rotatable bonds is 3. The van der Waals surface area contributed by atoms with Crippen LogP contribution in [0.3, 0.4) is 0 Å². The lowest BCUT2D eigenvalue weighted by Gasteiger charge is -2.05. The zero-order valence-corrected chi connectivity index (χ0v) is 7.47. The molecule has 0 atom stereocenters. The molecule has 14 heavy (non-hydrogen) atoms. The van der Waals surface area contributed by atoms with Crippen molar-refractivity contribution in [1.29, 1.82) is 0 Å². The van der Waals surface area contributed by atoms with E-state index in [2.05, 4.69) is 9.99 Å². The second kappa shape index (κ2) is 4.31. The van der Waals surface area contributed by atoms with E-state index in [-0.39, 0.29) is 17.0 Å². The number of carbonyl (C=O) groups is 1. The van der Waals surface area contributed by atoms with E-state index < -0.39 is 4.92 Å². The van der Waals surface area contributed by atoms with Crippen LogP contribution in [0.1, 0.15) is 6.42 Å². The van der Waals surface area contributed by atoms with Crippen LogP contribution >= 0.6 is 0 Å². The first-order chi connectivity index (χ1) is 6.70. The molecular weight excluding hydrogens is 188 g/mol. The molecule has 0 aromatic heterocycles. The molecule has 0 aliphatic heterocycles. The second-order valence-electron chi connectivity index (χ2n) is 2.51. The molecule has 0 unspecified atom stereocenters. The quantitative estimate of drug-likeness (QED) is 0.377. The van der Waals surface area contributed by atoms with Crippen LogP contribution in [0.15, 0.2) is 28.6 Å². The van der Waals surface area contributed by atoms with Gasteiger partial charge in [-0.25, -0.2) is 0 Å². The molecular formula is C8H8N2O4. The maximum atomic E-state index is 10.6. The summed E-state index contributed by atoms with van der Waals surface area (Å²) in [4.78, 5) is 25.0. The van der Waals surface area contributed by atoms with Crippen LogP contribution in [0, 0.1) is 10.1 Å².